The summed E-state index contributed by atoms with van der Waals surface area (Å²) in [7, 11) is 0. The van der Waals surface area contributed by atoms with Crippen LogP contribution in [0.15, 0.2) is 65.5 Å². The van der Waals surface area contributed by atoms with Crippen molar-refractivity contribution in [2.24, 2.45) is 0 Å². The van der Waals surface area contributed by atoms with Gasteiger partial charge in [0, 0.05) is 6.20 Å². The Labute approximate surface area is 171 Å². The summed E-state index contributed by atoms with van der Waals surface area (Å²) in [6.07, 6.45) is 5.21. The van der Waals surface area contributed by atoms with Crippen LogP contribution in [0.1, 0.15) is 24.2 Å². The minimum atomic E-state index is -0.423. The van der Waals surface area contributed by atoms with Crippen molar-refractivity contribution in [1.82, 2.24) is 19.6 Å². The standard InChI is InChI=1S/C21H20BrN5O/c1-14-20(22)11-24-27(14)15(2)21(28)25-18-10-23-26(13-18)12-17-8-5-7-16-6-3-4-9-19(16)17/h3-11,13,15H,12H2,1-2H3,(H,25,28). The molecule has 7 heteroatoms. The van der Waals surface area contributed by atoms with Crippen LogP contribution in [0.3, 0.4) is 0 Å². The van der Waals surface area contributed by atoms with Crippen LogP contribution in [0.2, 0.25) is 0 Å². The Balaban J connectivity index is 1.48. The normalized spacial score (nSPS) is 12.2. The summed E-state index contributed by atoms with van der Waals surface area (Å²) >= 11 is 3.42. The fourth-order valence-electron chi connectivity index (χ4n) is 3.27. The number of carbonyl (C=O) groups excluding carboxylic acids is 1. The average Bonchev–Trinajstić information content (AvgIpc) is 3.28. The monoisotopic (exact) mass is 437 g/mol. The van der Waals surface area contributed by atoms with Gasteiger partial charge in [-0.3, -0.25) is 14.2 Å². The average molecular weight is 438 g/mol. The zero-order valence-corrected chi connectivity index (χ0v) is 17.2. The number of hydrogen-bond donors (Lipinski definition) is 1. The minimum Gasteiger partial charge on any atom is -0.322 e. The Morgan fingerprint density at radius 3 is 2.71 bits per heavy atom. The minimum absolute atomic E-state index is 0.136. The molecule has 0 saturated heterocycles. The first-order valence-corrected chi connectivity index (χ1v) is 9.82. The summed E-state index contributed by atoms with van der Waals surface area (Å²) in [5, 5.41) is 14.0. The van der Waals surface area contributed by atoms with E-state index in [0.29, 0.717) is 12.2 Å². The molecule has 0 aliphatic carbocycles. The lowest BCUT2D eigenvalue weighted by atomic mass is 10.0. The lowest BCUT2D eigenvalue weighted by molar-refractivity contribution is -0.119. The van der Waals surface area contributed by atoms with Crippen LogP contribution in [0.4, 0.5) is 5.69 Å². The number of aromatic nitrogens is 4. The first kappa shape index (κ1) is 18.4. The predicted octanol–water partition coefficient (Wildman–Crippen LogP) is 4.55. The number of fused-ring (bicyclic) bond motifs is 1. The highest BCUT2D eigenvalue weighted by molar-refractivity contribution is 9.10. The van der Waals surface area contributed by atoms with Crippen LogP contribution < -0.4 is 5.32 Å². The summed E-state index contributed by atoms with van der Waals surface area (Å²) < 4.78 is 4.41. The molecule has 1 atom stereocenters. The van der Waals surface area contributed by atoms with Crippen LogP contribution in [0.25, 0.3) is 10.8 Å². The number of anilines is 1. The van der Waals surface area contributed by atoms with Crippen molar-refractivity contribution in [1.29, 1.82) is 0 Å². The maximum atomic E-state index is 12.6. The SMILES string of the molecule is Cc1c(Br)cnn1C(C)C(=O)Nc1cnn(Cc2cccc3ccccc23)c1. The van der Waals surface area contributed by atoms with E-state index in [-0.39, 0.29) is 5.91 Å². The molecule has 28 heavy (non-hydrogen) atoms. The Kier molecular flexibility index (Phi) is 5.00. The topological polar surface area (TPSA) is 64.7 Å². The van der Waals surface area contributed by atoms with Gasteiger partial charge in [-0.1, -0.05) is 42.5 Å². The molecule has 142 valence electrons. The molecular weight excluding hydrogens is 418 g/mol. The van der Waals surface area contributed by atoms with Crippen molar-refractivity contribution in [2.75, 3.05) is 5.32 Å². The van der Waals surface area contributed by atoms with Crippen LogP contribution in [0, 0.1) is 6.92 Å². The molecule has 0 radical (unpaired) electrons. The number of rotatable bonds is 5. The molecule has 2 heterocycles. The maximum absolute atomic E-state index is 12.6. The Morgan fingerprint density at radius 1 is 1.14 bits per heavy atom. The third kappa shape index (κ3) is 3.57. The van der Waals surface area contributed by atoms with Crippen LogP contribution in [-0.2, 0) is 11.3 Å². The number of amides is 1. The van der Waals surface area contributed by atoms with Crippen molar-refractivity contribution in [3.63, 3.8) is 0 Å². The molecule has 4 rings (SSSR count). The van der Waals surface area contributed by atoms with Crippen molar-refractivity contribution in [3.8, 4) is 0 Å². The van der Waals surface area contributed by atoms with Gasteiger partial charge in [-0.15, -0.1) is 0 Å². The third-order valence-corrected chi connectivity index (χ3v) is 5.62. The van der Waals surface area contributed by atoms with Crippen molar-refractivity contribution >= 4 is 38.3 Å². The summed E-state index contributed by atoms with van der Waals surface area (Å²) in [6.45, 7) is 4.38. The Morgan fingerprint density at radius 2 is 1.93 bits per heavy atom. The fourth-order valence-corrected chi connectivity index (χ4v) is 3.54. The van der Waals surface area contributed by atoms with Gasteiger partial charge in [-0.25, -0.2) is 0 Å². The number of hydrogen-bond acceptors (Lipinski definition) is 3. The van der Waals surface area contributed by atoms with Gasteiger partial charge in [0.25, 0.3) is 0 Å². The van der Waals surface area contributed by atoms with Crippen molar-refractivity contribution in [2.45, 2.75) is 26.4 Å². The van der Waals surface area contributed by atoms with Gasteiger partial charge in [0.05, 0.1) is 34.8 Å². The van der Waals surface area contributed by atoms with E-state index in [9.17, 15) is 4.79 Å². The molecule has 0 bridgehead atoms. The first-order valence-electron chi connectivity index (χ1n) is 9.02. The Hall–Kier alpha value is -2.93. The Bertz CT molecular complexity index is 1140. The summed E-state index contributed by atoms with van der Waals surface area (Å²) in [4.78, 5) is 12.6. The van der Waals surface area contributed by atoms with E-state index in [1.54, 1.807) is 17.1 Å². The van der Waals surface area contributed by atoms with E-state index in [2.05, 4.69) is 61.8 Å². The van der Waals surface area contributed by atoms with E-state index in [4.69, 9.17) is 0 Å². The van der Waals surface area contributed by atoms with Gasteiger partial charge in [-0.05, 0) is 46.1 Å². The number of nitrogens with one attached hydrogen (secondary N) is 1. The molecule has 0 saturated carbocycles. The summed E-state index contributed by atoms with van der Waals surface area (Å²) in [5.41, 5.74) is 2.76. The zero-order valence-electron chi connectivity index (χ0n) is 15.6. The van der Waals surface area contributed by atoms with Gasteiger partial charge in [0.2, 0.25) is 5.91 Å². The predicted molar refractivity (Wildman–Crippen MR) is 113 cm³/mol. The molecular formula is C21H20BrN5O. The molecule has 2 aromatic heterocycles. The molecule has 6 nitrogen and oxygen atoms in total. The molecule has 0 spiro atoms. The first-order chi connectivity index (χ1) is 13.5. The second-order valence-corrected chi connectivity index (χ2v) is 7.61. The van der Waals surface area contributed by atoms with Gasteiger partial charge in [0.15, 0.2) is 0 Å². The van der Waals surface area contributed by atoms with E-state index in [1.807, 2.05) is 36.9 Å². The highest BCUT2D eigenvalue weighted by Crippen LogP contribution is 2.21. The van der Waals surface area contributed by atoms with Gasteiger partial charge < -0.3 is 5.32 Å². The smallest absolute Gasteiger partial charge is 0.249 e. The summed E-state index contributed by atoms with van der Waals surface area (Å²) in [5.74, 6) is -0.136. The van der Waals surface area contributed by atoms with E-state index in [1.165, 1.54) is 16.3 Å². The quantitative estimate of drug-likeness (QED) is 0.497. The molecule has 0 fully saturated rings. The lowest BCUT2D eigenvalue weighted by Crippen LogP contribution is -2.25. The van der Waals surface area contributed by atoms with Crippen LogP contribution in [0.5, 0.6) is 0 Å². The summed E-state index contributed by atoms with van der Waals surface area (Å²) in [6, 6.07) is 14.1. The van der Waals surface area contributed by atoms with E-state index < -0.39 is 6.04 Å². The van der Waals surface area contributed by atoms with Crippen molar-refractivity contribution in [3.05, 3.63) is 76.8 Å². The fraction of sp³-hybridized carbons (Fsp3) is 0.190. The van der Waals surface area contributed by atoms with Crippen LogP contribution >= 0.6 is 15.9 Å². The molecule has 0 aliphatic rings. The van der Waals surface area contributed by atoms with Gasteiger partial charge in [-0.2, -0.15) is 10.2 Å². The zero-order chi connectivity index (χ0) is 19.7. The van der Waals surface area contributed by atoms with Gasteiger partial charge in [0.1, 0.15) is 6.04 Å². The molecule has 4 aromatic rings. The largest absolute Gasteiger partial charge is 0.322 e. The number of carbonyl (C=O) groups is 1. The number of nitrogens with zero attached hydrogens (tertiary/aromatic N) is 4. The number of halogens is 1. The maximum Gasteiger partial charge on any atom is 0.249 e. The molecule has 0 aliphatic heterocycles. The molecule has 1 N–H and O–H groups in total. The highest BCUT2D eigenvalue weighted by Gasteiger charge is 2.19. The third-order valence-electron chi connectivity index (χ3n) is 4.84. The second-order valence-electron chi connectivity index (χ2n) is 6.75. The van der Waals surface area contributed by atoms with Crippen LogP contribution in [-0.4, -0.2) is 25.5 Å². The number of benzene rings is 2. The lowest BCUT2D eigenvalue weighted by Gasteiger charge is -2.13. The second kappa shape index (κ2) is 7.59. The molecule has 2 aromatic carbocycles. The van der Waals surface area contributed by atoms with E-state index >= 15 is 0 Å². The molecule has 1 amide bonds. The highest BCUT2D eigenvalue weighted by atomic mass is 79.9. The molecule has 1 unspecified atom stereocenters. The van der Waals surface area contributed by atoms with E-state index in [0.717, 1.165) is 10.2 Å². The van der Waals surface area contributed by atoms with Crippen molar-refractivity contribution < 1.29 is 4.79 Å². The van der Waals surface area contributed by atoms with Gasteiger partial charge >= 0.3 is 0 Å².